The molecular weight excluding hydrogens is 202 g/mol. The Morgan fingerprint density at radius 3 is 2.88 bits per heavy atom. The highest BCUT2D eigenvalue weighted by atomic mass is 16.1. The molecular formula is C12H17N3O. The summed E-state index contributed by atoms with van der Waals surface area (Å²) in [4.78, 5) is 19.1. The molecule has 0 radical (unpaired) electrons. The fourth-order valence-electron chi connectivity index (χ4n) is 2.39. The molecule has 1 aromatic heterocycles. The third kappa shape index (κ3) is 2.02. The van der Waals surface area contributed by atoms with Gasteiger partial charge in [0.1, 0.15) is 5.82 Å². The Morgan fingerprint density at radius 2 is 2.25 bits per heavy atom. The third-order valence-corrected chi connectivity index (χ3v) is 3.50. The zero-order valence-electron chi connectivity index (χ0n) is 9.33. The molecule has 4 heteroatoms. The average molecular weight is 219 g/mol. The van der Waals surface area contributed by atoms with Crippen molar-refractivity contribution < 1.29 is 0 Å². The summed E-state index contributed by atoms with van der Waals surface area (Å²) in [6, 6.07) is 0.495. The summed E-state index contributed by atoms with van der Waals surface area (Å²) >= 11 is 0. The molecule has 1 aromatic rings. The number of rotatable bonds is 3. The molecule has 1 aliphatic heterocycles. The van der Waals surface area contributed by atoms with Gasteiger partial charge in [0.2, 0.25) is 0 Å². The molecule has 1 aliphatic carbocycles. The van der Waals surface area contributed by atoms with Gasteiger partial charge in [0.05, 0.1) is 0 Å². The van der Waals surface area contributed by atoms with Crippen LogP contribution in [0.25, 0.3) is 0 Å². The van der Waals surface area contributed by atoms with Crippen LogP contribution in [-0.2, 0) is 6.42 Å². The van der Waals surface area contributed by atoms with Crippen LogP contribution in [0.4, 0.5) is 0 Å². The van der Waals surface area contributed by atoms with Gasteiger partial charge < -0.3 is 10.3 Å². The van der Waals surface area contributed by atoms with Crippen molar-refractivity contribution in [3.05, 3.63) is 27.9 Å². The van der Waals surface area contributed by atoms with Crippen LogP contribution in [0, 0.1) is 0 Å². The van der Waals surface area contributed by atoms with Gasteiger partial charge >= 0.3 is 0 Å². The molecule has 1 saturated heterocycles. The second-order valence-electron chi connectivity index (χ2n) is 4.89. The van der Waals surface area contributed by atoms with E-state index in [0.717, 1.165) is 37.2 Å². The van der Waals surface area contributed by atoms with Gasteiger partial charge in [0, 0.05) is 24.2 Å². The van der Waals surface area contributed by atoms with Gasteiger partial charge in [-0.05, 0) is 38.1 Å². The van der Waals surface area contributed by atoms with Crippen LogP contribution in [0.2, 0.25) is 0 Å². The maximum atomic E-state index is 11.8. The van der Waals surface area contributed by atoms with E-state index in [2.05, 4.69) is 15.3 Å². The fourth-order valence-corrected chi connectivity index (χ4v) is 2.39. The zero-order chi connectivity index (χ0) is 11.0. The van der Waals surface area contributed by atoms with Gasteiger partial charge in [-0.3, -0.25) is 4.79 Å². The van der Waals surface area contributed by atoms with Crippen LogP contribution < -0.4 is 10.9 Å². The van der Waals surface area contributed by atoms with Crippen LogP contribution in [0.5, 0.6) is 0 Å². The van der Waals surface area contributed by atoms with E-state index in [9.17, 15) is 4.79 Å². The third-order valence-electron chi connectivity index (χ3n) is 3.50. The molecule has 86 valence electrons. The predicted octanol–water partition coefficient (Wildman–Crippen LogP) is 0.942. The fraction of sp³-hybridized carbons (Fsp3) is 0.667. The summed E-state index contributed by atoms with van der Waals surface area (Å²) < 4.78 is 0. The van der Waals surface area contributed by atoms with E-state index in [1.165, 1.54) is 12.8 Å². The Bertz CT molecular complexity index is 430. The maximum absolute atomic E-state index is 11.8. The van der Waals surface area contributed by atoms with Crippen LogP contribution in [0.1, 0.15) is 43.0 Å². The molecule has 1 atom stereocenters. The first-order chi connectivity index (χ1) is 7.83. The molecule has 2 aliphatic rings. The predicted molar refractivity (Wildman–Crippen MR) is 61.6 cm³/mol. The summed E-state index contributed by atoms with van der Waals surface area (Å²) in [5.74, 6) is 1.31. The SMILES string of the molecule is O=c1[nH]c(CC2CCCN2)ncc1C1CC1. The van der Waals surface area contributed by atoms with Gasteiger partial charge in [-0.1, -0.05) is 0 Å². The minimum Gasteiger partial charge on any atom is -0.314 e. The Morgan fingerprint density at radius 1 is 1.38 bits per heavy atom. The second-order valence-corrected chi connectivity index (χ2v) is 4.89. The molecule has 0 aromatic carbocycles. The highest BCUT2D eigenvalue weighted by Gasteiger charge is 2.26. The maximum Gasteiger partial charge on any atom is 0.254 e. The quantitative estimate of drug-likeness (QED) is 0.795. The van der Waals surface area contributed by atoms with Gasteiger partial charge in [-0.25, -0.2) is 4.98 Å². The Kier molecular flexibility index (Phi) is 2.52. The number of nitrogens with one attached hydrogen (secondary N) is 2. The number of H-pyrrole nitrogens is 1. The molecule has 4 nitrogen and oxygen atoms in total. The summed E-state index contributed by atoms with van der Waals surface area (Å²) in [6.45, 7) is 1.09. The number of hydrogen-bond acceptors (Lipinski definition) is 3. The summed E-state index contributed by atoms with van der Waals surface area (Å²) in [5.41, 5.74) is 0.952. The topological polar surface area (TPSA) is 57.8 Å². The van der Waals surface area contributed by atoms with Crippen LogP contribution in [-0.4, -0.2) is 22.6 Å². The molecule has 2 heterocycles. The van der Waals surface area contributed by atoms with Crippen molar-refractivity contribution in [1.29, 1.82) is 0 Å². The zero-order valence-corrected chi connectivity index (χ0v) is 9.33. The standard InChI is InChI=1S/C12H17N3O/c16-12-10(8-3-4-8)7-14-11(15-12)6-9-2-1-5-13-9/h7-9,13H,1-6H2,(H,14,15,16). The van der Waals surface area contributed by atoms with E-state index in [-0.39, 0.29) is 5.56 Å². The average Bonchev–Trinajstić information content (AvgIpc) is 2.97. The molecule has 16 heavy (non-hydrogen) atoms. The lowest BCUT2D eigenvalue weighted by molar-refractivity contribution is 0.583. The van der Waals surface area contributed by atoms with Crippen LogP contribution in [0.3, 0.4) is 0 Å². The van der Waals surface area contributed by atoms with E-state index < -0.39 is 0 Å². The summed E-state index contributed by atoms with van der Waals surface area (Å²) in [5, 5.41) is 3.41. The highest BCUT2D eigenvalue weighted by molar-refractivity contribution is 5.17. The smallest absolute Gasteiger partial charge is 0.254 e. The van der Waals surface area contributed by atoms with Crippen LogP contribution >= 0.6 is 0 Å². The molecule has 3 rings (SSSR count). The largest absolute Gasteiger partial charge is 0.314 e. The van der Waals surface area contributed by atoms with Gasteiger partial charge in [-0.2, -0.15) is 0 Å². The Hall–Kier alpha value is -1.16. The van der Waals surface area contributed by atoms with Crippen molar-refractivity contribution in [2.45, 2.75) is 44.1 Å². The van der Waals surface area contributed by atoms with Crippen molar-refractivity contribution in [3.8, 4) is 0 Å². The normalized spacial score (nSPS) is 24.9. The monoisotopic (exact) mass is 219 g/mol. The molecule has 0 spiro atoms. The minimum atomic E-state index is 0.0745. The molecule has 1 saturated carbocycles. The molecule has 0 amide bonds. The Balaban J connectivity index is 1.75. The van der Waals surface area contributed by atoms with Gasteiger partial charge in [0.25, 0.3) is 5.56 Å². The minimum absolute atomic E-state index is 0.0745. The van der Waals surface area contributed by atoms with Crippen molar-refractivity contribution in [3.63, 3.8) is 0 Å². The van der Waals surface area contributed by atoms with Crippen molar-refractivity contribution >= 4 is 0 Å². The van der Waals surface area contributed by atoms with Crippen LogP contribution in [0.15, 0.2) is 11.0 Å². The van der Waals surface area contributed by atoms with E-state index in [1.807, 2.05) is 0 Å². The highest BCUT2D eigenvalue weighted by Crippen LogP contribution is 2.37. The van der Waals surface area contributed by atoms with Crippen molar-refractivity contribution in [1.82, 2.24) is 15.3 Å². The van der Waals surface area contributed by atoms with E-state index >= 15 is 0 Å². The van der Waals surface area contributed by atoms with Gasteiger partial charge in [0.15, 0.2) is 0 Å². The number of nitrogens with zero attached hydrogens (tertiary/aromatic N) is 1. The number of aromatic amines is 1. The lowest BCUT2D eigenvalue weighted by Gasteiger charge is -2.09. The number of aromatic nitrogens is 2. The molecule has 0 bridgehead atoms. The second kappa shape index (κ2) is 4.01. The first-order valence-electron chi connectivity index (χ1n) is 6.14. The van der Waals surface area contributed by atoms with E-state index in [1.54, 1.807) is 6.20 Å². The molecule has 1 unspecified atom stereocenters. The summed E-state index contributed by atoms with van der Waals surface area (Å²) in [7, 11) is 0. The lowest BCUT2D eigenvalue weighted by Crippen LogP contribution is -2.26. The van der Waals surface area contributed by atoms with E-state index in [0.29, 0.717) is 12.0 Å². The molecule has 2 N–H and O–H groups in total. The first kappa shape index (κ1) is 10.0. The Labute approximate surface area is 94.5 Å². The molecule has 2 fully saturated rings. The van der Waals surface area contributed by atoms with Gasteiger partial charge in [-0.15, -0.1) is 0 Å². The lowest BCUT2D eigenvalue weighted by atomic mass is 10.1. The van der Waals surface area contributed by atoms with Crippen molar-refractivity contribution in [2.24, 2.45) is 0 Å². The van der Waals surface area contributed by atoms with E-state index in [4.69, 9.17) is 0 Å². The number of hydrogen-bond donors (Lipinski definition) is 2. The first-order valence-corrected chi connectivity index (χ1v) is 6.14. The van der Waals surface area contributed by atoms with Crippen molar-refractivity contribution in [2.75, 3.05) is 6.54 Å². The summed E-state index contributed by atoms with van der Waals surface area (Å²) in [6.07, 6.45) is 7.34.